The van der Waals surface area contributed by atoms with Gasteiger partial charge >= 0.3 is 12.1 Å². The van der Waals surface area contributed by atoms with Crippen LogP contribution in [0.4, 0.5) is 19.0 Å². The summed E-state index contributed by atoms with van der Waals surface area (Å²) in [5, 5.41) is 22.5. The molecule has 1 fully saturated rings. The predicted molar refractivity (Wildman–Crippen MR) is 72.2 cm³/mol. The number of anilines is 1. The molecule has 0 radical (unpaired) electrons. The molecule has 0 saturated carbocycles. The van der Waals surface area contributed by atoms with E-state index in [1.165, 1.54) is 6.42 Å². The van der Waals surface area contributed by atoms with Crippen LogP contribution in [0, 0.1) is 11.3 Å². The molecule has 22 heavy (non-hydrogen) atoms. The Morgan fingerprint density at radius 1 is 1.55 bits per heavy atom. The van der Waals surface area contributed by atoms with Crippen LogP contribution < -0.4 is 10.6 Å². The van der Waals surface area contributed by atoms with Crippen LogP contribution in [0.1, 0.15) is 18.4 Å². The fourth-order valence-electron chi connectivity index (χ4n) is 1.76. The second kappa shape index (κ2) is 8.19. The highest BCUT2D eigenvalue weighted by atomic mass is 19.4. The maximum Gasteiger partial charge on any atom is 0.490 e. The van der Waals surface area contributed by atoms with E-state index in [4.69, 9.17) is 15.2 Å². The van der Waals surface area contributed by atoms with Crippen LogP contribution in [0.3, 0.4) is 0 Å². The van der Waals surface area contributed by atoms with Gasteiger partial charge in [-0.3, -0.25) is 0 Å². The quantitative estimate of drug-likeness (QED) is 0.769. The number of alkyl halides is 3. The number of carboxylic acids is 1. The third-order valence-corrected chi connectivity index (χ3v) is 2.78. The average Bonchev–Trinajstić information content (AvgIpc) is 2.48. The largest absolute Gasteiger partial charge is 0.490 e. The predicted octanol–water partition coefficient (Wildman–Crippen LogP) is 1.75. The summed E-state index contributed by atoms with van der Waals surface area (Å²) in [5.41, 5.74) is 0.649. The molecule has 1 aliphatic rings. The van der Waals surface area contributed by atoms with Crippen LogP contribution in [0.5, 0.6) is 0 Å². The molecule has 0 amide bonds. The Kier molecular flexibility index (Phi) is 6.59. The molecular weight excluding hydrogens is 301 g/mol. The third kappa shape index (κ3) is 6.41. The molecule has 2 heterocycles. The topological polar surface area (TPSA) is 98.0 Å². The third-order valence-electron chi connectivity index (χ3n) is 2.78. The van der Waals surface area contributed by atoms with E-state index in [1.54, 1.807) is 18.3 Å². The zero-order valence-corrected chi connectivity index (χ0v) is 11.5. The Hall–Kier alpha value is -2.34. The van der Waals surface area contributed by atoms with E-state index < -0.39 is 12.1 Å². The number of hydrogen-bond donors (Lipinski definition) is 3. The fourth-order valence-corrected chi connectivity index (χ4v) is 1.76. The molecule has 0 aromatic carbocycles. The van der Waals surface area contributed by atoms with E-state index in [0.717, 1.165) is 25.3 Å². The van der Waals surface area contributed by atoms with Crippen LogP contribution >= 0.6 is 0 Å². The number of nitriles is 1. The number of piperidine rings is 1. The minimum Gasteiger partial charge on any atom is -0.475 e. The lowest BCUT2D eigenvalue weighted by atomic mass is 10.1. The molecule has 1 saturated heterocycles. The average molecular weight is 316 g/mol. The first-order chi connectivity index (χ1) is 10.3. The Labute approximate surface area is 125 Å². The number of nitrogens with zero attached hydrogens (tertiary/aromatic N) is 2. The Balaban J connectivity index is 0.000000295. The zero-order valence-electron chi connectivity index (χ0n) is 11.5. The number of aliphatic carboxylic acids is 1. The van der Waals surface area contributed by atoms with Gasteiger partial charge in [0.25, 0.3) is 0 Å². The molecule has 9 heteroatoms. The summed E-state index contributed by atoms with van der Waals surface area (Å²) in [6, 6.07) is 6.04. The second-order valence-electron chi connectivity index (χ2n) is 4.53. The highest BCUT2D eigenvalue weighted by molar-refractivity contribution is 5.73. The maximum atomic E-state index is 10.6. The van der Waals surface area contributed by atoms with E-state index in [-0.39, 0.29) is 0 Å². The van der Waals surface area contributed by atoms with Gasteiger partial charge < -0.3 is 15.7 Å². The van der Waals surface area contributed by atoms with Gasteiger partial charge in [0, 0.05) is 18.8 Å². The molecule has 0 spiro atoms. The van der Waals surface area contributed by atoms with Crippen LogP contribution in [-0.2, 0) is 4.79 Å². The molecule has 6 nitrogen and oxygen atoms in total. The van der Waals surface area contributed by atoms with Gasteiger partial charge in [-0.15, -0.1) is 0 Å². The zero-order chi connectivity index (χ0) is 16.6. The van der Waals surface area contributed by atoms with Crippen molar-refractivity contribution in [1.82, 2.24) is 10.3 Å². The van der Waals surface area contributed by atoms with Crippen LogP contribution in [0.15, 0.2) is 18.3 Å². The van der Waals surface area contributed by atoms with Crippen molar-refractivity contribution in [2.75, 3.05) is 18.4 Å². The number of halogens is 3. The molecule has 0 aliphatic carbocycles. The van der Waals surface area contributed by atoms with Gasteiger partial charge in [-0.25, -0.2) is 9.78 Å². The van der Waals surface area contributed by atoms with E-state index in [2.05, 4.69) is 21.7 Å². The van der Waals surface area contributed by atoms with Gasteiger partial charge in [0.1, 0.15) is 5.82 Å². The van der Waals surface area contributed by atoms with Crippen molar-refractivity contribution in [3.05, 3.63) is 23.9 Å². The van der Waals surface area contributed by atoms with Gasteiger partial charge in [0.2, 0.25) is 0 Å². The summed E-state index contributed by atoms with van der Waals surface area (Å²) in [7, 11) is 0. The van der Waals surface area contributed by atoms with Gasteiger partial charge in [0.05, 0.1) is 11.6 Å². The maximum absolute atomic E-state index is 10.6. The normalized spacial score (nSPS) is 17.6. The van der Waals surface area contributed by atoms with E-state index >= 15 is 0 Å². The van der Waals surface area contributed by atoms with Crippen molar-refractivity contribution in [2.45, 2.75) is 25.1 Å². The molecule has 0 unspecified atom stereocenters. The number of pyridine rings is 1. The Morgan fingerprint density at radius 2 is 2.23 bits per heavy atom. The summed E-state index contributed by atoms with van der Waals surface area (Å²) in [5.74, 6) is -1.96. The SMILES string of the molecule is N#Cc1ccnc(N[C@H]2CCCNC2)c1.O=C(O)C(F)(F)F. The highest BCUT2D eigenvalue weighted by Gasteiger charge is 2.38. The number of carbonyl (C=O) groups is 1. The molecule has 0 bridgehead atoms. The van der Waals surface area contributed by atoms with Gasteiger partial charge in [-0.1, -0.05) is 0 Å². The molecule has 1 aliphatic heterocycles. The smallest absolute Gasteiger partial charge is 0.475 e. The first-order valence-corrected chi connectivity index (χ1v) is 6.46. The summed E-state index contributed by atoms with van der Waals surface area (Å²) < 4.78 is 31.7. The second-order valence-corrected chi connectivity index (χ2v) is 4.53. The first kappa shape index (κ1) is 17.7. The summed E-state index contributed by atoms with van der Waals surface area (Å²) in [6.07, 6.45) is -1.07. The molecule has 1 aromatic rings. The van der Waals surface area contributed by atoms with Crippen LogP contribution in [0.25, 0.3) is 0 Å². The number of nitrogens with one attached hydrogen (secondary N) is 2. The molecule has 2 rings (SSSR count). The van der Waals surface area contributed by atoms with Crippen molar-refractivity contribution >= 4 is 11.8 Å². The van der Waals surface area contributed by atoms with Crippen LogP contribution in [0.2, 0.25) is 0 Å². The highest BCUT2D eigenvalue weighted by Crippen LogP contribution is 2.13. The number of hydrogen-bond acceptors (Lipinski definition) is 5. The van der Waals surface area contributed by atoms with E-state index in [1.807, 2.05) is 0 Å². The number of aromatic nitrogens is 1. The lowest BCUT2D eigenvalue weighted by molar-refractivity contribution is -0.192. The Morgan fingerprint density at radius 3 is 2.73 bits per heavy atom. The van der Waals surface area contributed by atoms with Crippen molar-refractivity contribution in [2.24, 2.45) is 0 Å². The molecular formula is C13H15F3N4O2. The lowest BCUT2D eigenvalue weighted by Gasteiger charge is -2.24. The first-order valence-electron chi connectivity index (χ1n) is 6.46. The van der Waals surface area contributed by atoms with E-state index in [9.17, 15) is 13.2 Å². The van der Waals surface area contributed by atoms with Crippen LogP contribution in [-0.4, -0.2) is 41.4 Å². The van der Waals surface area contributed by atoms with Crippen molar-refractivity contribution in [3.63, 3.8) is 0 Å². The standard InChI is InChI=1S/C11H14N4.C2HF3O2/c12-7-9-3-5-14-11(6-9)15-10-2-1-4-13-8-10;3-2(4,5)1(6)7/h3,5-6,10,13H,1-2,4,8H2,(H,14,15);(H,6,7)/t10-;/m0./s1. The summed E-state index contributed by atoms with van der Waals surface area (Å²) in [6.45, 7) is 2.07. The van der Waals surface area contributed by atoms with Gasteiger partial charge in [0.15, 0.2) is 0 Å². The van der Waals surface area contributed by atoms with E-state index in [0.29, 0.717) is 11.6 Å². The number of rotatable bonds is 2. The van der Waals surface area contributed by atoms with Gasteiger partial charge in [-0.2, -0.15) is 18.4 Å². The van der Waals surface area contributed by atoms with Crippen molar-refractivity contribution < 1.29 is 23.1 Å². The fraction of sp³-hybridized carbons (Fsp3) is 0.462. The minimum absolute atomic E-state index is 0.431. The molecule has 1 atom stereocenters. The van der Waals surface area contributed by atoms with Crippen molar-refractivity contribution in [3.8, 4) is 6.07 Å². The summed E-state index contributed by atoms with van der Waals surface area (Å²) >= 11 is 0. The van der Waals surface area contributed by atoms with Crippen molar-refractivity contribution in [1.29, 1.82) is 5.26 Å². The number of carboxylic acid groups (broad SMARTS) is 1. The molecule has 1 aromatic heterocycles. The lowest BCUT2D eigenvalue weighted by Crippen LogP contribution is -2.38. The Bertz CT molecular complexity index is 537. The monoisotopic (exact) mass is 316 g/mol. The molecule has 3 N–H and O–H groups in total. The molecule has 120 valence electrons. The van der Waals surface area contributed by atoms with Gasteiger partial charge in [-0.05, 0) is 31.5 Å². The minimum atomic E-state index is -5.08. The summed E-state index contributed by atoms with van der Waals surface area (Å²) in [4.78, 5) is 13.1.